The van der Waals surface area contributed by atoms with Crippen molar-refractivity contribution in [3.63, 3.8) is 0 Å². The van der Waals surface area contributed by atoms with Crippen LogP contribution >= 0.6 is 15.9 Å². The van der Waals surface area contributed by atoms with E-state index in [1.165, 1.54) is 19.2 Å². The predicted octanol–water partition coefficient (Wildman–Crippen LogP) is 2.48. The molecule has 146 valence electrons. The van der Waals surface area contributed by atoms with Crippen molar-refractivity contribution < 1.29 is 22.7 Å². The summed E-state index contributed by atoms with van der Waals surface area (Å²) in [6, 6.07) is 9.52. The molecule has 2 aromatic rings. The Morgan fingerprint density at radius 2 is 1.89 bits per heavy atom. The number of sulfonamides is 1. The number of rotatable bonds is 8. The fourth-order valence-electron chi connectivity index (χ4n) is 2.40. The van der Waals surface area contributed by atoms with E-state index in [1.807, 2.05) is 6.92 Å². The van der Waals surface area contributed by atoms with Crippen LogP contribution in [-0.4, -0.2) is 34.6 Å². The molecule has 0 unspecified atom stereocenters. The minimum atomic E-state index is -3.70. The molecule has 0 saturated carbocycles. The zero-order valence-corrected chi connectivity index (χ0v) is 17.4. The number of amides is 1. The van der Waals surface area contributed by atoms with Crippen molar-refractivity contribution in [2.75, 3.05) is 20.3 Å². The zero-order chi connectivity index (χ0) is 20.0. The third kappa shape index (κ3) is 5.69. The second-order valence-corrected chi connectivity index (χ2v) is 8.03. The van der Waals surface area contributed by atoms with E-state index in [0.717, 1.165) is 5.56 Å². The highest BCUT2D eigenvalue weighted by molar-refractivity contribution is 9.10. The molecule has 0 heterocycles. The number of ether oxygens (including phenoxy) is 2. The molecule has 0 atom stereocenters. The minimum Gasteiger partial charge on any atom is -0.493 e. The van der Waals surface area contributed by atoms with Crippen LogP contribution in [-0.2, 0) is 16.4 Å². The van der Waals surface area contributed by atoms with Crippen molar-refractivity contribution in [1.82, 2.24) is 5.32 Å². The monoisotopic (exact) mass is 456 g/mol. The molecule has 0 aromatic heterocycles. The van der Waals surface area contributed by atoms with E-state index in [4.69, 9.17) is 14.6 Å². The van der Waals surface area contributed by atoms with Crippen molar-refractivity contribution in [2.45, 2.75) is 18.2 Å². The van der Waals surface area contributed by atoms with Crippen LogP contribution in [0.3, 0.4) is 0 Å². The van der Waals surface area contributed by atoms with Gasteiger partial charge in [0.15, 0.2) is 11.5 Å². The second-order valence-electron chi connectivity index (χ2n) is 5.62. The Bertz CT molecular complexity index is 914. The highest BCUT2D eigenvalue weighted by Crippen LogP contribution is 2.36. The summed E-state index contributed by atoms with van der Waals surface area (Å²) in [5.41, 5.74) is 1.32. The summed E-state index contributed by atoms with van der Waals surface area (Å²) in [5.74, 6) is 0.764. The number of hydrogen-bond donors (Lipinski definition) is 2. The number of nitrogens with two attached hydrogens (primary N) is 1. The molecular weight excluding hydrogens is 436 g/mol. The van der Waals surface area contributed by atoms with Crippen LogP contribution in [0.4, 0.5) is 0 Å². The number of carbonyl (C=O) groups is 1. The molecule has 0 aliphatic rings. The van der Waals surface area contributed by atoms with Crippen molar-refractivity contribution in [1.29, 1.82) is 0 Å². The Balaban J connectivity index is 2.00. The summed E-state index contributed by atoms with van der Waals surface area (Å²) in [6.07, 6.45) is 0.548. The number of carbonyl (C=O) groups excluding carboxylic acids is 1. The molecule has 0 aliphatic heterocycles. The first kappa shape index (κ1) is 21.2. The average molecular weight is 457 g/mol. The predicted molar refractivity (Wildman–Crippen MR) is 106 cm³/mol. The Morgan fingerprint density at radius 1 is 1.22 bits per heavy atom. The number of methoxy groups -OCH3 is 1. The maximum absolute atomic E-state index is 12.4. The van der Waals surface area contributed by atoms with E-state index in [1.54, 1.807) is 24.3 Å². The number of hydrogen-bond acceptors (Lipinski definition) is 5. The lowest BCUT2D eigenvalue weighted by atomic mass is 10.1. The van der Waals surface area contributed by atoms with E-state index < -0.39 is 10.0 Å². The summed E-state index contributed by atoms with van der Waals surface area (Å²) in [7, 11) is -2.19. The highest BCUT2D eigenvalue weighted by atomic mass is 79.9. The first-order chi connectivity index (χ1) is 12.8. The lowest BCUT2D eigenvalue weighted by molar-refractivity contribution is 0.0953. The van der Waals surface area contributed by atoms with Crippen molar-refractivity contribution in [3.8, 4) is 11.5 Å². The van der Waals surface area contributed by atoms with E-state index in [9.17, 15) is 13.2 Å². The molecule has 0 aliphatic carbocycles. The van der Waals surface area contributed by atoms with Gasteiger partial charge in [-0.2, -0.15) is 0 Å². The van der Waals surface area contributed by atoms with Crippen LogP contribution < -0.4 is 19.9 Å². The number of primary sulfonamides is 1. The van der Waals surface area contributed by atoms with Crippen LogP contribution in [0, 0.1) is 0 Å². The number of benzene rings is 2. The van der Waals surface area contributed by atoms with E-state index in [-0.39, 0.29) is 10.8 Å². The van der Waals surface area contributed by atoms with Gasteiger partial charge in [-0.05, 0) is 59.1 Å². The molecule has 27 heavy (non-hydrogen) atoms. The fourth-order valence-corrected chi connectivity index (χ4v) is 3.48. The Morgan fingerprint density at radius 3 is 2.44 bits per heavy atom. The summed E-state index contributed by atoms with van der Waals surface area (Å²) < 4.78 is 33.9. The van der Waals surface area contributed by atoms with Gasteiger partial charge in [0.1, 0.15) is 0 Å². The molecule has 1 amide bonds. The molecule has 2 aromatic carbocycles. The molecule has 0 spiro atoms. The highest BCUT2D eigenvalue weighted by Gasteiger charge is 2.15. The first-order valence-corrected chi connectivity index (χ1v) is 10.5. The van der Waals surface area contributed by atoms with Crippen molar-refractivity contribution in [2.24, 2.45) is 5.14 Å². The van der Waals surface area contributed by atoms with E-state index in [0.29, 0.717) is 41.1 Å². The van der Waals surface area contributed by atoms with Crippen molar-refractivity contribution in [3.05, 3.63) is 52.0 Å². The molecule has 3 N–H and O–H groups in total. The van der Waals surface area contributed by atoms with Gasteiger partial charge in [0.2, 0.25) is 10.0 Å². The maximum Gasteiger partial charge on any atom is 0.251 e. The van der Waals surface area contributed by atoms with Gasteiger partial charge in [-0.1, -0.05) is 12.1 Å². The third-order valence-electron chi connectivity index (χ3n) is 3.73. The largest absolute Gasteiger partial charge is 0.493 e. The van der Waals surface area contributed by atoms with Crippen LogP contribution in [0.1, 0.15) is 22.8 Å². The van der Waals surface area contributed by atoms with Crippen molar-refractivity contribution >= 4 is 31.9 Å². The molecule has 2 rings (SSSR count). The standard InChI is InChI=1S/C18H21BrN2O5S/c1-3-26-17-15(19)10-13(11-16(17)25-2)18(22)21-9-8-12-4-6-14(7-5-12)27(20,23)24/h4-7,10-11H,3,8-9H2,1-2H3,(H,21,22)(H2,20,23,24). The molecule has 0 fully saturated rings. The summed E-state index contributed by atoms with van der Waals surface area (Å²) in [5, 5.41) is 7.89. The molecule has 7 nitrogen and oxygen atoms in total. The lowest BCUT2D eigenvalue weighted by Crippen LogP contribution is -2.25. The van der Waals surface area contributed by atoms with E-state index in [2.05, 4.69) is 21.2 Å². The number of halogens is 1. The third-order valence-corrected chi connectivity index (χ3v) is 5.25. The van der Waals surface area contributed by atoms with Gasteiger partial charge >= 0.3 is 0 Å². The van der Waals surface area contributed by atoms with Gasteiger partial charge in [0, 0.05) is 12.1 Å². The lowest BCUT2D eigenvalue weighted by Gasteiger charge is -2.13. The van der Waals surface area contributed by atoms with Gasteiger partial charge in [-0.3, -0.25) is 4.79 Å². The van der Waals surface area contributed by atoms with Crippen LogP contribution in [0.5, 0.6) is 11.5 Å². The molecule has 0 saturated heterocycles. The average Bonchev–Trinajstić information content (AvgIpc) is 2.62. The molecule has 9 heteroatoms. The van der Waals surface area contributed by atoms with Gasteiger partial charge in [0.05, 0.1) is 23.1 Å². The maximum atomic E-state index is 12.4. The fraction of sp³-hybridized carbons (Fsp3) is 0.278. The Hall–Kier alpha value is -2.10. The van der Waals surface area contributed by atoms with Gasteiger partial charge in [-0.25, -0.2) is 13.6 Å². The summed E-state index contributed by atoms with van der Waals surface area (Å²) >= 11 is 3.39. The SMILES string of the molecule is CCOc1c(Br)cc(C(=O)NCCc2ccc(S(N)(=O)=O)cc2)cc1OC. The number of nitrogens with one attached hydrogen (secondary N) is 1. The van der Waals surface area contributed by atoms with Crippen LogP contribution in [0.15, 0.2) is 45.8 Å². The van der Waals surface area contributed by atoms with E-state index >= 15 is 0 Å². The molecular formula is C18H21BrN2O5S. The van der Waals surface area contributed by atoms with Gasteiger partial charge < -0.3 is 14.8 Å². The van der Waals surface area contributed by atoms with Gasteiger partial charge in [-0.15, -0.1) is 0 Å². The summed E-state index contributed by atoms with van der Waals surface area (Å²) in [6.45, 7) is 2.73. The molecule has 0 bridgehead atoms. The minimum absolute atomic E-state index is 0.0571. The smallest absolute Gasteiger partial charge is 0.251 e. The topological polar surface area (TPSA) is 108 Å². The quantitative estimate of drug-likeness (QED) is 0.634. The van der Waals surface area contributed by atoms with Gasteiger partial charge in [0.25, 0.3) is 5.91 Å². The Kier molecular flexibility index (Phi) is 7.23. The van der Waals surface area contributed by atoms with Crippen LogP contribution in [0.2, 0.25) is 0 Å². The Labute approximate surface area is 167 Å². The van der Waals surface area contributed by atoms with Crippen LogP contribution in [0.25, 0.3) is 0 Å². The first-order valence-electron chi connectivity index (χ1n) is 8.16. The summed E-state index contributed by atoms with van der Waals surface area (Å²) in [4.78, 5) is 12.4. The second kappa shape index (κ2) is 9.20. The normalized spacial score (nSPS) is 11.1. The zero-order valence-electron chi connectivity index (χ0n) is 15.0. The molecule has 0 radical (unpaired) electrons.